The molecule has 0 aliphatic rings. The fourth-order valence-corrected chi connectivity index (χ4v) is 1.53. The summed E-state index contributed by atoms with van der Waals surface area (Å²) in [5.41, 5.74) is 1.89. The quantitative estimate of drug-likeness (QED) is 0.692. The van der Waals surface area contributed by atoms with Crippen molar-refractivity contribution in [1.29, 1.82) is 0 Å². The van der Waals surface area contributed by atoms with Gasteiger partial charge in [0.1, 0.15) is 0 Å². The van der Waals surface area contributed by atoms with Crippen LogP contribution in [0.3, 0.4) is 0 Å². The summed E-state index contributed by atoms with van der Waals surface area (Å²) >= 11 is 0. The molecular weight excluding hydrogens is 182 g/mol. The second-order valence-corrected chi connectivity index (χ2v) is 4.01. The minimum atomic E-state index is -2.25. The highest BCUT2D eigenvalue weighted by molar-refractivity contribution is 5.24. The average molecular weight is 198 g/mol. The number of rotatable bonds is 4. The Bertz CT molecular complexity index is 254. The minimum Gasteiger partial charge on any atom is -0.210 e. The van der Waals surface area contributed by atoms with E-state index in [4.69, 9.17) is 0 Å². The fourth-order valence-electron chi connectivity index (χ4n) is 1.53. The lowest BCUT2D eigenvalue weighted by molar-refractivity contribution is 0.149. The average Bonchev–Trinajstić information content (AvgIpc) is 2.01. The van der Waals surface area contributed by atoms with Gasteiger partial charge >= 0.3 is 0 Å². The second kappa shape index (κ2) is 5.08. The first kappa shape index (κ1) is 11.2. The molecule has 0 aromatic heterocycles. The van der Waals surface area contributed by atoms with Gasteiger partial charge in [0.15, 0.2) is 0 Å². The highest BCUT2D eigenvalue weighted by Crippen LogP contribution is 2.13. The van der Waals surface area contributed by atoms with Crippen molar-refractivity contribution < 1.29 is 8.78 Å². The third-order valence-electron chi connectivity index (χ3n) is 2.03. The number of hydrogen-bond acceptors (Lipinski definition) is 0. The molecule has 2 heteroatoms. The molecule has 0 bridgehead atoms. The Hall–Kier alpha value is -0.920. The van der Waals surface area contributed by atoms with Crippen molar-refractivity contribution in [3.05, 3.63) is 35.4 Å². The summed E-state index contributed by atoms with van der Waals surface area (Å²) in [6.07, 6.45) is -1.42. The summed E-state index contributed by atoms with van der Waals surface area (Å²) in [7, 11) is 0. The van der Waals surface area contributed by atoms with E-state index in [1.807, 2.05) is 18.2 Å². The third-order valence-corrected chi connectivity index (χ3v) is 2.03. The van der Waals surface area contributed by atoms with Gasteiger partial charge in [-0.15, -0.1) is 0 Å². The van der Waals surface area contributed by atoms with Crippen molar-refractivity contribution >= 4 is 0 Å². The van der Waals surface area contributed by atoms with Crippen molar-refractivity contribution in [3.63, 3.8) is 0 Å². The first-order valence-electron chi connectivity index (χ1n) is 4.94. The van der Waals surface area contributed by atoms with Crippen LogP contribution in [0.2, 0.25) is 0 Å². The molecule has 78 valence electrons. The van der Waals surface area contributed by atoms with Crippen molar-refractivity contribution in [2.24, 2.45) is 5.92 Å². The molecule has 0 amide bonds. The Kier molecular flexibility index (Phi) is 4.05. The first-order valence-corrected chi connectivity index (χ1v) is 4.94. The fraction of sp³-hybridized carbons (Fsp3) is 0.500. The zero-order valence-electron chi connectivity index (χ0n) is 8.63. The number of alkyl halides is 2. The van der Waals surface area contributed by atoms with Crippen LogP contribution in [-0.2, 0) is 12.8 Å². The van der Waals surface area contributed by atoms with Crippen molar-refractivity contribution in [1.82, 2.24) is 0 Å². The van der Waals surface area contributed by atoms with Crippen LogP contribution in [0, 0.1) is 5.92 Å². The smallest absolute Gasteiger partial charge is 0.210 e. The summed E-state index contributed by atoms with van der Waals surface area (Å²) in [4.78, 5) is 0. The molecule has 0 unspecified atom stereocenters. The lowest BCUT2D eigenvalue weighted by Crippen LogP contribution is -1.99. The Morgan fingerprint density at radius 3 is 2.14 bits per heavy atom. The third kappa shape index (κ3) is 3.86. The van der Waals surface area contributed by atoms with Gasteiger partial charge < -0.3 is 0 Å². The summed E-state index contributed by atoms with van der Waals surface area (Å²) in [5, 5.41) is 0. The SMILES string of the molecule is CC(C)Cc1cccc(CC(F)F)c1. The van der Waals surface area contributed by atoms with Crippen LogP contribution in [0.1, 0.15) is 25.0 Å². The van der Waals surface area contributed by atoms with E-state index in [9.17, 15) is 8.78 Å². The monoisotopic (exact) mass is 198 g/mol. The maximum Gasteiger partial charge on any atom is 0.242 e. The highest BCUT2D eigenvalue weighted by atomic mass is 19.3. The van der Waals surface area contributed by atoms with Gasteiger partial charge in [-0.05, 0) is 23.5 Å². The summed E-state index contributed by atoms with van der Waals surface area (Å²) in [6, 6.07) is 7.49. The van der Waals surface area contributed by atoms with E-state index in [1.54, 1.807) is 6.07 Å². The Morgan fingerprint density at radius 1 is 1.07 bits per heavy atom. The van der Waals surface area contributed by atoms with Gasteiger partial charge in [-0.1, -0.05) is 38.1 Å². The molecule has 0 spiro atoms. The predicted octanol–water partition coefficient (Wildman–Crippen LogP) is 3.69. The van der Waals surface area contributed by atoms with Crippen LogP contribution < -0.4 is 0 Å². The summed E-state index contributed by atoms with van der Waals surface area (Å²) in [6.45, 7) is 4.25. The molecule has 0 N–H and O–H groups in total. The van der Waals surface area contributed by atoms with Crippen molar-refractivity contribution in [2.45, 2.75) is 33.1 Å². The highest BCUT2D eigenvalue weighted by Gasteiger charge is 2.05. The summed E-state index contributed by atoms with van der Waals surface area (Å²) in [5.74, 6) is 0.566. The molecule has 1 aromatic carbocycles. The van der Waals surface area contributed by atoms with E-state index in [0.717, 1.165) is 17.5 Å². The van der Waals surface area contributed by atoms with E-state index in [2.05, 4.69) is 13.8 Å². The lowest BCUT2D eigenvalue weighted by Gasteiger charge is -2.07. The van der Waals surface area contributed by atoms with E-state index in [0.29, 0.717) is 5.92 Å². The van der Waals surface area contributed by atoms with Gasteiger partial charge in [0.05, 0.1) is 0 Å². The van der Waals surface area contributed by atoms with Crippen LogP contribution in [0.25, 0.3) is 0 Å². The lowest BCUT2D eigenvalue weighted by atomic mass is 10.0. The number of hydrogen-bond donors (Lipinski definition) is 0. The molecule has 0 aliphatic carbocycles. The normalized spacial score (nSPS) is 11.3. The van der Waals surface area contributed by atoms with Gasteiger partial charge in [0.2, 0.25) is 6.43 Å². The standard InChI is InChI=1S/C12H16F2/c1-9(2)6-10-4-3-5-11(7-10)8-12(13)14/h3-5,7,9,12H,6,8H2,1-2H3. The molecule has 0 fully saturated rings. The predicted molar refractivity (Wildman–Crippen MR) is 54.7 cm³/mol. The molecule has 0 radical (unpaired) electrons. The molecule has 1 aromatic rings. The van der Waals surface area contributed by atoms with Gasteiger partial charge in [0, 0.05) is 6.42 Å². The molecule has 0 heterocycles. The Labute approximate surface area is 84.0 Å². The molecule has 0 saturated carbocycles. The van der Waals surface area contributed by atoms with Gasteiger partial charge in [-0.2, -0.15) is 0 Å². The van der Waals surface area contributed by atoms with Crippen LogP contribution in [-0.4, -0.2) is 6.43 Å². The molecule has 0 nitrogen and oxygen atoms in total. The van der Waals surface area contributed by atoms with Crippen LogP contribution in [0.5, 0.6) is 0 Å². The van der Waals surface area contributed by atoms with Gasteiger partial charge in [0.25, 0.3) is 0 Å². The minimum absolute atomic E-state index is 0.133. The van der Waals surface area contributed by atoms with Crippen molar-refractivity contribution in [2.75, 3.05) is 0 Å². The molecule has 0 aliphatic heterocycles. The van der Waals surface area contributed by atoms with E-state index in [1.165, 1.54) is 0 Å². The van der Waals surface area contributed by atoms with Crippen LogP contribution >= 0.6 is 0 Å². The van der Waals surface area contributed by atoms with E-state index < -0.39 is 6.43 Å². The largest absolute Gasteiger partial charge is 0.242 e. The molecule has 14 heavy (non-hydrogen) atoms. The zero-order chi connectivity index (χ0) is 10.6. The van der Waals surface area contributed by atoms with Gasteiger partial charge in [-0.3, -0.25) is 0 Å². The molecule has 0 saturated heterocycles. The molecular formula is C12H16F2. The number of halogens is 2. The van der Waals surface area contributed by atoms with E-state index in [-0.39, 0.29) is 6.42 Å². The molecule has 0 atom stereocenters. The maximum atomic E-state index is 12.1. The Morgan fingerprint density at radius 2 is 1.64 bits per heavy atom. The molecule has 1 rings (SSSR count). The van der Waals surface area contributed by atoms with Gasteiger partial charge in [-0.25, -0.2) is 8.78 Å². The van der Waals surface area contributed by atoms with E-state index >= 15 is 0 Å². The van der Waals surface area contributed by atoms with Crippen LogP contribution in [0.15, 0.2) is 24.3 Å². The maximum absolute atomic E-state index is 12.1. The summed E-state index contributed by atoms with van der Waals surface area (Å²) < 4.78 is 24.2. The Balaban J connectivity index is 2.68. The zero-order valence-corrected chi connectivity index (χ0v) is 8.63. The number of benzene rings is 1. The second-order valence-electron chi connectivity index (χ2n) is 4.01. The first-order chi connectivity index (χ1) is 6.58. The topological polar surface area (TPSA) is 0 Å². The van der Waals surface area contributed by atoms with Crippen LogP contribution in [0.4, 0.5) is 8.78 Å². The van der Waals surface area contributed by atoms with Crippen molar-refractivity contribution in [3.8, 4) is 0 Å².